The van der Waals surface area contributed by atoms with Crippen LogP contribution in [0, 0.1) is 5.92 Å². The first kappa shape index (κ1) is 16.7. The Labute approximate surface area is 108 Å². The second-order valence-corrected chi connectivity index (χ2v) is 5.04. The second kappa shape index (κ2) is 7.20. The average Bonchev–Trinajstić information content (AvgIpc) is 2.32. The van der Waals surface area contributed by atoms with E-state index in [0.29, 0.717) is 6.42 Å². The highest BCUT2D eigenvalue weighted by Crippen LogP contribution is 2.11. The highest BCUT2D eigenvalue weighted by Gasteiger charge is 2.27. The molecule has 0 bridgehead atoms. The SMILES string of the molecule is CCCC(CNC(=O)N(C)C(C)(C)CO)C(=O)O. The van der Waals surface area contributed by atoms with Crippen LogP contribution in [-0.4, -0.2) is 52.9 Å². The van der Waals surface area contributed by atoms with Gasteiger partial charge in [-0.05, 0) is 20.3 Å². The maximum Gasteiger partial charge on any atom is 0.317 e. The number of nitrogens with one attached hydrogen (secondary N) is 1. The Hall–Kier alpha value is -1.30. The number of aliphatic hydroxyl groups is 1. The molecule has 2 amide bonds. The van der Waals surface area contributed by atoms with Gasteiger partial charge in [-0.1, -0.05) is 13.3 Å². The van der Waals surface area contributed by atoms with Gasteiger partial charge in [0.1, 0.15) is 0 Å². The number of urea groups is 1. The van der Waals surface area contributed by atoms with Crippen LogP contribution in [0.4, 0.5) is 4.79 Å². The third-order valence-corrected chi connectivity index (χ3v) is 3.09. The maximum absolute atomic E-state index is 11.8. The minimum absolute atomic E-state index is 0.105. The molecule has 6 nitrogen and oxygen atoms in total. The van der Waals surface area contributed by atoms with Gasteiger partial charge in [0.25, 0.3) is 0 Å². The summed E-state index contributed by atoms with van der Waals surface area (Å²) in [6, 6.07) is -0.378. The molecule has 0 saturated heterocycles. The molecule has 0 aliphatic carbocycles. The number of aliphatic hydroxyl groups excluding tert-OH is 1. The molecule has 1 atom stereocenters. The molecule has 0 spiro atoms. The average molecular weight is 260 g/mol. The van der Waals surface area contributed by atoms with Crippen molar-refractivity contribution in [1.29, 1.82) is 0 Å². The largest absolute Gasteiger partial charge is 0.481 e. The minimum atomic E-state index is -0.902. The Bertz CT molecular complexity index is 292. The lowest BCUT2D eigenvalue weighted by Gasteiger charge is -2.34. The predicted molar refractivity (Wildman–Crippen MR) is 68.4 cm³/mol. The van der Waals surface area contributed by atoms with Gasteiger partial charge in [-0.15, -0.1) is 0 Å². The van der Waals surface area contributed by atoms with Gasteiger partial charge >= 0.3 is 12.0 Å². The molecule has 1 unspecified atom stereocenters. The quantitative estimate of drug-likeness (QED) is 0.634. The zero-order chi connectivity index (χ0) is 14.3. The van der Waals surface area contributed by atoms with E-state index in [9.17, 15) is 9.59 Å². The molecule has 18 heavy (non-hydrogen) atoms. The lowest BCUT2D eigenvalue weighted by Crippen LogP contribution is -2.52. The number of likely N-dealkylation sites (N-methyl/N-ethyl adjacent to an activating group) is 1. The van der Waals surface area contributed by atoms with Crippen LogP contribution in [-0.2, 0) is 4.79 Å². The van der Waals surface area contributed by atoms with E-state index in [2.05, 4.69) is 5.32 Å². The Morgan fingerprint density at radius 3 is 2.33 bits per heavy atom. The van der Waals surface area contributed by atoms with Crippen LogP contribution in [0.5, 0.6) is 0 Å². The van der Waals surface area contributed by atoms with Gasteiger partial charge in [-0.25, -0.2) is 4.79 Å². The summed E-state index contributed by atoms with van der Waals surface area (Å²) < 4.78 is 0. The molecule has 0 aromatic carbocycles. The van der Waals surface area contributed by atoms with Gasteiger partial charge in [0, 0.05) is 13.6 Å². The third kappa shape index (κ3) is 4.91. The summed E-state index contributed by atoms with van der Waals surface area (Å²) in [5.74, 6) is -1.47. The van der Waals surface area contributed by atoms with Crippen LogP contribution >= 0.6 is 0 Å². The van der Waals surface area contributed by atoms with Crippen molar-refractivity contribution in [2.75, 3.05) is 20.2 Å². The fourth-order valence-corrected chi connectivity index (χ4v) is 1.37. The molecule has 0 aromatic rings. The first-order chi connectivity index (χ1) is 8.26. The normalized spacial score (nSPS) is 12.9. The summed E-state index contributed by atoms with van der Waals surface area (Å²) in [5, 5.41) is 20.7. The molecule has 0 aliphatic rings. The first-order valence-corrected chi connectivity index (χ1v) is 6.11. The summed E-state index contributed by atoms with van der Waals surface area (Å²) in [7, 11) is 1.57. The van der Waals surface area contributed by atoms with Gasteiger partial charge in [0.15, 0.2) is 0 Å². The highest BCUT2D eigenvalue weighted by atomic mass is 16.4. The number of carbonyl (C=O) groups is 2. The summed E-state index contributed by atoms with van der Waals surface area (Å²) in [6.45, 7) is 5.31. The van der Waals surface area contributed by atoms with Gasteiger partial charge in [0.05, 0.1) is 18.1 Å². The van der Waals surface area contributed by atoms with Crippen molar-refractivity contribution in [3.63, 3.8) is 0 Å². The smallest absolute Gasteiger partial charge is 0.317 e. The zero-order valence-electron chi connectivity index (χ0n) is 11.6. The van der Waals surface area contributed by atoms with Crippen molar-refractivity contribution in [2.24, 2.45) is 5.92 Å². The van der Waals surface area contributed by atoms with Gasteiger partial charge < -0.3 is 20.4 Å². The number of carbonyl (C=O) groups excluding carboxylic acids is 1. The molecular weight excluding hydrogens is 236 g/mol. The summed E-state index contributed by atoms with van der Waals surface area (Å²) >= 11 is 0. The van der Waals surface area contributed by atoms with E-state index in [1.54, 1.807) is 20.9 Å². The fraction of sp³-hybridized carbons (Fsp3) is 0.833. The van der Waals surface area contributed by atoms with Crippen molar-refractivity contribution in [3.8, 4) is 0 Å². The molecule has 0 aliphatic heterocycles. The minimum Gasteiger partial charge on any atom is -0.481 e. The summed E-state index contributed by atoms with van der Waals surface area (Å²) in [5.41, 5.74) is -0.673. The molecule has 0 fully saturated rings. The first-order valence-electron chi connectivity index (χ1n) is 6.11. The Kier molecular flexibility index (Phi) is 6.68. The van der Waals surface area contributed by atoms with E-state index < -0.39 is 17.4 Å². The topological polar surface area (TPSA) is 89.9 Å². The lowest BCUT2D eigenvalue weighted by atomic mass is 10.0. The monoisotopic (exact) mass is 260 g/mol. The molecule has 6 heteroatoms. The lowest BCUT2D eigenvalue weighted by molar-refractivity contribution is -0.141. The second-order valence-electron chi connectivity index (χ2n) is 5.04. The van der Waals surface area contributed by atoms with Crippen LogP contribution in [0.15, 0.2) is 0 Å². The van der Waals surface area contributed by atoms with Crippen LogP contribution in [0.2, 0.25) is 0 Å². The van der Waals surface area contributed by atoms with E-state index in [1.807, 2.05) is 6.92 Å². The van der Waals surface area contributed by atoms with Crippen LogP contribution < -0.4 is 5.32 Å². The van der Waals surface area contributed by atoms with Crippen LogP contribution in [0.1, 0.15) is 33.6 Å². The molecule has 0 heterocycles. The number of carboxylic acids is 1. The molecular formula is C12H24N2O4. The molecule has 0 radical (unpaired) electrons. The van der Waals surface area contributed by atoms with Gasteiger partial charge in [-0.3, -0.25) is 4.79 Å². The van der Waals surface area contributed by atoms with Crippen LogP contribution in [0.3, 0.4) is 0 Å². The number of hydrogen-bond acceptors (Lipinski definition) is 3. The van der Waals surface area contributed by atoms with Gasteiger partial charge in [0.2, 0.25) is 0 Å². The Morgan fingerprint density at radius 1 is 1.39 bits per heavy atom. The predicted octanol–water partition coefficient (Wildman–Crippen LogP) is 0.900. The molecule has 0 saturated carbocycles. The van der Waals surface area contributed by atoms with Crippen molar-refractivity contribution >= 4 is 12.0 Å². The number of rotatable bonds is 7. The molecule has 0 aromatic heterocycles. The number of aliphatic carboxylic acids is 1. The molecule has 106 valence electrons. The zero-order valence-corrected chi connectivity index (χ0v) is 11.6. The van der Waals surface area contributed by atoms with Crippen molar-refractivity contribution in [2.45, 2.75) is 39.2 Å². The van der Waals surface area contributed by atoms with E-state index in [0.717, 1.165) is 6.42 Å². The van der Waals surface area contributed by atoms with E-state index in [1.165, 1.54) is 4.90 Å². The standard InChI is InChI=1S/C12H24N2O4/c1-5-6-9(10(16)17)7-13-11(18)14(4)12(2,3)8-15/h9,15H,5-8H2,1-4H3,(H,13,18)(H,16,17). The van der Waals surface area contributed by atoms with Crippen molar-refractivity contribution in [3.05, 3.63) is 0 Å². The van der Waals surface area contributed by atoms with Crippen molar-refractivity contribution in [1.82, 2.24) is 10.2 Å². The van der Waals surface area contributed by atoms with E-state index >= 15 is 0 Å². The number of amides is 2. The Balaban J connectivity index is 4.36. The van der Waals surface area contributed by atoms with Crippen LogP contribution in [0.25, 0.3) is 0 Å². The summed E-state index contributed by atoms with van der Waals surface area (Å²) in [6.07, 6.45) is 1.29. The third-order valence-electron chi connectivity index (χ3n) is 3.09. The summed E-state index contributed by atoms with van der Waals surface area (Å²) in [4.78, 5) is 24.1. The molecule has 0 rings (SSSR count). The molecule has 3 N–H and O–H groups in total. The van der Waals surface area contributed by atoms with E-state index in [4.69, 9.17) is 10.2 Å². The van der Waals surface area contributed by atoms with Gasteiger partial charge in [-0.2, -0.15) is 0 Å². The highest BCUT2D eigenvalue weighted by molar-refractivity contribution is 5.76. The number of nitrogens with zero attached hydrogens (tertiary/aromatic N) is 1. The van der Waals surface area contributed by atoms with Crippen molar-refractivity contribution < 1.29 is 19.8 Å². The Morgan fingerprint density at radius 2 is 1.94 bits per heavy atom. The number of carboxylic acid groups (broad SMARTS) is 1. The fourth-order valence-electron chi connectivity index (χ4n) is 1.37. The maximum atomic E-state index is 11.8. The van der Waals surface area contributed by atoms with E-state index in [-0.39, 0.29) is 19.2 Å². The number of hydrogen-bond donors (Lipinski definition) is 3.